The molecule has 0 amide bonds. The Morgan fingerprint density at radius 2 is 1.81 bits per heavy atom. The summed E-state index contributed by atoms with van der Waals surface area (Å²) in [4.78, 5) is 4.85. The highest BCUT2D eigenvalue weighted by atomic mass is 16.5. The van der Waals surface area contributed by atoms with E-state index in [1.54, 1.807) is 0 Å². The first-order valence-electron chi connectivity index (χ1n) is 8.85. The molecule has 5 aliphatic rings. The second kappa shape index (κ2) is 4.55. The Labute approximate surface area is 126 Å². The second-order valence-electron chi connectivity index (χ2n) is 8.21. The Morgan fingerprint density at radius 3 is 2.43 bits per heavy atom. The molecule has 1 N–H and O–H groups in total. The van der Waals surface area contributed by atoms with E-state index in [9.17, 15) is 0 Å². The predicted octanol–water partition coefficient (Wildman–Crippen LogP) is 2.83. The molecule has 4 bridgehead atoms. The minimum Gasteiger partial charge on any atom is -0.339 e. The van der Waals surface area contributed by atoms with Gasteiger partial charge in [-0.15, -0.1) is 0 Å². The maximum Gasteiger partial charge on any atom is 0.228 e. The van der Waals surface area contributed by atoms with Crippen molar-refractivity contribution in [3.63, 3.8) is 0 Å². The van der Waals surface area contributed by atoms with Crippen molar-refractivity contribution in [2.24, 2.45) is 17.8 Å². The lowest BCUT2D eigenvalue weighted by Gasteiger charge is -2.55. The van der Waals surface area contributed by atoms with E-state index in [4.69, 9.17) is 9.51 Å². The van der Waals surface area contributed by atoms with Gasteiger partial charge in [-0.05, 0) is 75.7 Å². The van der Waals surface area contributed by atoms with Crippen LogP contribution in [0.5, 0.6) is 0 Å². The maximum atomic E-state index is 5.61. The largest absolute Gasteiger partial charge is 0.339 e. The van der Waals surface area contributed by atoms with Gasteiger partial charge in [-0.1, -0.05) is 5.16 Å². The van der Waals surface area contributed by atoms with E-state index in [0.717, 1.165) is 42.4 Å². The number of aromatic nitrogens is 2. The minimum atomic E-state index is 0.277. The summed E-state index contributed by atoms with van der Waals surface area (Å²) in [6.45, 7) is 1.14. The van der Waals surface area contributed by atoms with Crippen molar-refractivity contribution >= 4 is 0 Å². The lowest BCUT2D eigenvalue weighted by atomic mass is 9.49. The first-order chi connectivity index (χ1) is 10.3. The van der Waals surface area contributed by atoms with Gasteiger partial charge in [-0.3, -0.25) is 0 Å². The summed E-state index contributed by atoms with van der Waals surface area (Å²) in [6.07, 6.45) is 11.8. The van der Waals surface area contributed by atoms with E-state index in [0.29, 0.717) is 6.04 Å². The van der Waals surface area contributed by atoms with Crippen molar-refractivity contribution in [3.05, 3.63) is 11.7 Å². The summed E-state index contributed by atoms with van der Waals surface area (Å²) in [6, 6.07) is 0.551. The van der Waals surface area contributed by atoms with Crippen LogP contribution in [-0.4, -0.2) is 22.7 Å². The molecule has 6 rings (SSSR count). The molecule has 0 spiro atoms. The first-order valence-corrected chi connectivity index (χ1v) is 8.85. The molecule has 1 saturated heterocycles. The molecular weight excluding hydrogens is 262 g/mol. The third-order valence-corrected chi connectivity index (χ3v) is 6.56. The summed E-state index contributed by atoms with van der Waals surface area (Å²) in [5, 5.41) is 7.96. The lowest BCUT2D eigenvalue weighted by Crippen LogP contribution is -2.49. The van der Waals surface area contributed by atoms with Crippen molar-refractivity contribution in [3.8, 4) is 0 Å². The summed E-state index contributed by atoms with van der Waals surface area (Å²) in [7, 11) is 0. The SMILES string of the molecule is C1CNC(Cc2nc(C34CC5CC(CC(C5)C3)C4)no2)C1. The number of nitrogens with one attached hydrogen (secondary N) is 1. The van der Waals surface area contributed by atoms with Gasteiger partial charge in [-0.25, -0.2) is 0 Å². The summed E-state index contributed by atoms with van der Waals surface area (Å²) in [5.74, 6) is 4.73. The van der Waals surface area contributed by atoms with Gasteiger partial charge in [0.25, 0.3) is 0 Å². The molecule has 0 radical (unpaired) electrons. The third-order valence-electron chi connectivity index (χ3n) is 6.56. The fourth-order valence-corrected chi connectivity index (χ4v) is 6.08. The highest BCUT2D eigenvalue weighted by molar-refractivity contribution is 5.16. The van der Waals surface area contributed by atoms with Gasteiger partial charge in [0, 0.05) is 17.9 Å². The normalized spacial score (nSPS) is 44.6. The lowest BCUT2D eigenvalue weighted by molar-refractivity contribution is -0.0103. The molecule has 4 heteroatoms. The van der Waals surface area contributed by atoms with Gasteiger partial charge in [0.1, 0.15) is 0 Å². The Balaban J connectivity index is 1.39. The van der Waals surface area contributed by atoms with Crippen molar-refractivity contribution in [2.75, 3.05) is 6.54 Å². The van der Waals surface area contributed by atoms with Crippen LogP contribution in [-0.2, 0) is 11.8 Å². The fourth-order valence-electron chi connectivity index (χ4n) is 6.08. The van der Waals surface area contributed by atoms with Gasteiger partial charge in [0.15, 0.2) is 5.82 Å². The van der Waals surface area contributed by atoms with Crippen LogP contribution < -0.4 is 5.32 Å². The van der Waals surface area contributed by atoms with Crippen LogP contribution in [0.3, 0.4) is 0 Å². The zero-order valence-electron chi connectivity index (χ0n) is 12.7. The molecule has 2 heterocycles. The van der Waals surface area contributed by atoms with Gasteiger partial charge >= 0.3 is 0 Å². The number of hydrogen-bond donors (Lipinski definition) is 1. The second-order valence-corrected chi connectivity index (χ2v) is 8.21. The first kappa shape index (κ1) is 12.6. The highest BCUT2D eigenvalue weighted by Gasteiger charge is 2.53. The molecule has 1 atom stereocenters. The Kier molecular flexibility index (Phi) is 2.73. The van der Waals surface area contributed by atoms with Crippen LogP contribution in [0, 0.1) is 17.8 Å². The molecule has 114 valence electrons. The van der Waals surface area contributed by atoms with Crippen LogP contribution in [0.4, 0.5) is 0 Å². The molecule has 5 fully saturated rings. The minimum absolute atomic E-state index is 0.277. The van der Waals surface area contributed by atoms with Crippen LogP contribution in [0.2, 0.25) is 0 Å². The average Bonchev–Trinajstić information content (AvgIpc) is 3.09. The number of rotatable bonds is 3. The van der Waals surface area contributed by atoms with Crippen molar-refractivity contribution < 1.29 is 4.52 Å². The molecule has 1 unspecified atom stereocenters. The molecule has 1 aliphatic heterocycles. The maximum absolute atomic E-state index is 5.61. The highest BCUT2D eigenvalue weighted by Crippen LogP contribution is 2.60. The van der Waals surface area contributed by atoms with Crippen LogP contribution in [0.1, 0.15) is 63.1 Å². The predicted molar refractivity (Wildman–Crippen MR) is 78.9 cm³/mol. The Bertz CT molecular complexity index is 497. The molecule has 0 aromatic carbocycles. The van der Waals surface area contributed by atoms with Gasteiger partial charge < -0.3 is 9.84 Å². The fraction of sp³-hybridized carbons (Fsp3) is 0.882. The molecule has 1 aromatic heterocycles. The van der Waals surface area contributed by atoms with Gasteiger partial charge in [0.2, 0.25) is 5.89 Å². The Morgan fingerprint density at radius 1 is 1.10 bits per heavy atom. The molecule has 4 nitrogen and oxygen atoms in total. The quantitative estimate of drug-likeness (QED) is 0.929. The zero-order chi connectivity index (χ0) is 13.9. The number of nitrogens with zero attached hydrogens (tertiary/aromatic N) is 2. The molecule has 4 saturated carbocycles. The van der Waals surface area contributed by atoms with Gasteiger partial charge in [-0.2, -0.15) is 4.98 Å². The van der Waals surface area contributed by atoms with E-state index in [1.807, 2.05) is 0 Å². The zero-order valence-corrected chi connectivity index (χ0v) is 12.7. The Hall–Kier alpha value is -0.900. The van der Waals surface area contributed by atoms with E-state index < -0.39 is 0 Å². The summed E-state index contributed by atoms with van der Waals surface area (Å²) >= 11 is 0. The van der Waals surface area contributed by atoms with Crippen LogP contribution in [0.15, 0.2) is 4.52 Å². The summed E-state index contributed by atoms with van der Waals surface area (Å²) < 4.78 is 5.61. The monoisotopic (exact) mass is 287 g/mol. The van der Waals surface area contributed by atoms with Crippen LogP contribution in [0.25, 0.3) is 0 Å². The van der Waals surface area contributed by atoms with E-state index in [2.05, 4.69) is 10.5 Å². The van der Waals surface area contributed by atoms with Crippen molar-refractivity contribution in [1.82, 2.24) is 15.5 Å². The molecule has 1 aromatic rings. The van der Waals surface area contributed by atoms with Crippen LogP contribution >= 0.6 is 0 Å². The van der Waals surface area contributed by atoms with E-state index in [-0.39, 0.29) is 5.41 Å². The smallest absolute Gasteiger partial charge is 0.228 e. The van der Waals surface area contributed by atoms with E-state index >= 15 is 0 Å². The average molecular weight is 287 g/mol. The third kappa shape index (κ3) is 2.06. The molecule has 21 heavy (non-hydrogen) atoms. The topological polar surface area (TPSA) is 51.0 Å². The van der Waals surface area contributed by atoms with E-state index in [1.165, 1.54) is 51.4 Å². The number of hydrogen-bond acceptors (Lipinski definition) is 4. The molecule has 4 aliphatic carbocycles. The summed E-state index contributed by atoms with van der Waals surface area (Å²) in [5.41, 5.74) is 0.277. The van der Waals surface area contributed by atoms with Crippen molar-refractivity contribution in [2.45, 2.75) is 69.2 Å². The van der Waals surface area contributed by atoms with Crippen molar-refractivity contribution in [1.29, 1.82) is 0 Å². The van der Waals surface area contributed by atoms with Gasteiger partial charge in [0.05, 0.1) is 0 Å². The molecular formula is C17H25N3O. The standard InChI is InChI=1S/C17H25N3O/c1-2-14(18-3-1)7-15-19-16(20-21-15)17-8-11-4-12(9-17)6-13(5-11)10-17/h11-14,18H,1-10H2.